The second kappa shape index (κ2) is 12.8. The van der Waals surface area contributed by atoms with Gasteiger partial charge in [0.05, 0.1) is 18.6 Å². The molecule has 1 spiro atoms. The van der Waals surface area contributed by atoms with Crippen LogP contribution in [-0.4, -0.2) is 84.1 Å². The van der Waals surface area contributed by atoms with E-state index in [2.05, 4.69) is 10.6 Å². The lowest BCUT2D eigenvalue weighted by atomic mass is 9.73. The van der Waals surface area contributed by atoms with Crippen LogP contribution in [0, 0.1) is 5.41 Å². The van der Waals surface area contributed by atoms with Crippen LogP contribution in [0.1, 0.15) is 58.1 Å². The zero-order valence-electron chi connectivity index (χ0n) is 26.0. The number of nitrogens with one attached hydrogen (secondary N) is 2. The van der Waals surface area contributed by atoms with E-state index in [4.69, 9.17) is 9.47 Å². The van der Waals surface area contributed by atoms with E-state index in [9.17, 15) is 19.2 Å². The number of hydrogen-bond donors (Lipinski definition) is 2. The fourth-order valence-electron chi connectivity index (χ4n) is 5.87. The lowest BCUT2D eigenvalue weighted by Crippen LogP contribution is -2.60. The van der Waals surface area contributed by atoms with Crippen molar-refractivity contribution in [1.82, 2.24) is 20.4 Å². The van der Waals surface area contributed by atoms with Crippen LogP contribution in [0.25, 0.3) is 0 Å². The smallest absolute Gasteiger partial charge is 0.408 e. The molecule has 10 heteroatoms. The summed E-state index contributed by atoms with van der Waals surface area (Å²) in [5.41, 5.74) is -0.856. The van der Waals surface area contributed by atoms with Gasteiger partial charge in [0.1, 0.15) is 17.2 Å². The summed E-state index contributed by atoms with van der Waals surface area (Å²) in [6.07, 6.45) is -0.216. The highest BCUT2D eigenvalue weighted by Gasteiger charge is 2.57. The molecule has 43 heavy (non-hydrogen) atoms. The minimum absolute atomic E-state index is 0.0280. The van der Waals surface area contributed by atoms with Gasteiger partial charge in [-0.2, -0.15) is 0 Å². The lowest BCUT2D eigenvalue weighted by Gasteiger charge is -2.32. The molecule has 0 aromatic heterocycles. The number of rotatable bonds is 9. The summed E-state index contributed by atoms with van der Waals surface area (Å²) in [5, 5.41) is 5.40. The van der Waals surface area contributed by atoms with Gasteiger partial charge in [-0.3, -0.25) is 14.4 Å². The Labute approximate surface area is 254 Å². The molecule has 2 fully saturated rings. The first-order chi connectivity index (χ1) is 20.2. The SMILES string of the molecule is CN1CC(c2ccccc2)C2(CCN(C(=O)[C@@H](COCc3ccccc3)NC(=O)C(C)(C)NC(=O)OC(C)(C)C)C2)C1=O. The molecule has 2 aliphatic rings. The standard InChI is InChI=1S/C33H44N4O6/c1-31(2,3)43-30(41)35-32(4,5)28(39)34-26(21-42-20-23-13-9-7-10-14-23)27(38)37-18-17-33(22-37)25(19-36(6)29(33)40)24-15-11-8-12-16-24/h7-16,25-26H,17-22H2,1-6H3,(H,34,39)(H,35,41)/t25?,26-,33?/m1/s1. The molecule has 0 radical (unpaired) electrons. The molecule has 2 N–H and O–H groups in total. The van der Waals surface area contributed by atoms with E-state index >= 15 is 0 Å². The van der Waals surface area contributed by atoms with E-state index in [0.29, 0.717) is 19.5 Å². The van der Waals surface area contributed by atoms with Crippen molar-refractivity contribution < 1.29 is 28.7 Å². The highest BCUT2D eigenvalue weighted by Crippen LogP contribution is 2.49. The summed E-state index contributed by atoms with van der Waals surface area (Å²) in [5.74, 6) is -0.920. The molecule has 0 aliphatic carbocycles. The van der Waals surface area contributed by atoms with Gasteiger partial charge in [0, 0.05) is 32.6 Å². The number of benzene rings is 2. The molecule has 2 aromatic carbocycles. The topological polar surface area (TPSA) is 117 Å². The Hall–Kier alpha value is -3.92. The normalized spacial score (nSPS) is 21.2. The van der Waals surface area contributed by atoms with E-state index in [1.807, 2.05) is 60.7 Å². The summed E-state index contributed by atoms with van der Waals surface area (Å²) < 4.78 is 11.2. The summed E-state index contributed by atoms with van der Waals surface area (Å²) in [6.45, 7) is 9.66. The third kappa shape index (κ3) is 7.54. The van der Waals surface area contributed by atoms with E-state index in [-0.39, 0.29) is 37.5 Å². The van der Waals surface area contributed by atoms with Gasteiger partial charge >= 0.3 is 6.09 Å². The molecule has 3 atom stereocenters. The molecule has 0 bridgehead atoms. The van der Waals surface area contributed by atoms with Crippen molar-refractivity contribution in [3.8, 4) is 0 Å². The largest absolute Gasteiger partial charge is 0.444 e. The number of likely N-dealkylation sites (tertiary alicyclic amines) is 2. The summed E-state index contributed by atoms with van der Waals surface area (Å²) in [6, 6.07) is 18.4. The zero-order valence-corrected chi connectivity index (χ0v) is 26.0. The van der Waals surface area contributed by atoms with Crippen LogP contribution in [-0.2, 0) is 30.5 Å². The Morgan fingerprint density at radius 1 is 1.00 bits per heavy atom. The van der Waals surface area contributed by atoms with Gasteiger partial charge in [0.2, 0.25) is 17.7 Å². The first-order valence-corrected chi connectivity index (χ1v) is 14.7. The van der Waals surface area contributed by atoms with Crippen molar-refractivity contribution in [3.63, 3.8) is 0 Å². The van der Waals surface area contributed by atoms with E-state index < -0.39 is 34.6 Å². The number of carbonyl (C=O) groups is 4. The van der Waals surface area contributed by atoms with E-state index in [1.54, 1.807) is 51.5 Å². The van der Waals surface area contributed by atoms with Crippen LogP contribution in [0.3, 0.4) is 0 Å². The van der Waals surface area contributed by atoms with E-state index in [1.165, 1.54) is 0 Å². The molecule has 0 saturated carbocycles. The quantitative estimate of drug-likeness (QED) is 0.461. The molecule has 2 aromatic rings. The molecule has 2 unspecified atom stereocenters. The molecular weight excluding hydrogens is 548 g/mol. The minimum atomic E-state index is -1.38. The summed E-state index contributed by atoms with van der Waals surface area (Å²) in [4.78, 5) is 56.8. The monoisotopic (exact) mass is 592 g/mol. The first-order valence-electron chi connectivity index (χ1n) is 14.7. The van der Waals surface area contributed by atoms with Crippen molar-refractivity contribution in [1.29, 1.82) is 0 Å². The Morgan fingerprint density at radius 3 is 2.26 bits per heavy atom. The van der Waals surface area contributed by atoms with Crippen molar-refractivity contribution in [2.75, 3.05) is 33.3 Å². The third-order valence-electron chi connectivity index (χ3n) is 8.09. The maximum atomic E-state index is 14.0. The molecular formula is C33H44N4O6. The number of likely N-dealkylation sites (N-methyl/N-ethyl adjacent to an activating group) is 1. The van der Waals surface area contributed by atoms with Crippen LogP contribution >= 0.6 is 0 Å². The third-order valence-corrected chi connectivity index (χ3v) is 8.09. The molecule has 4 amide bonds. The minimum Gasteiger partial charge on any atom is -0.444 e. The van der Waals surface area contributed by atoms with E-state index in [0.717, 1.165) is 11.1 Å². The van der Waals surface area contributed by atoms with Gasteiger partial charge in [0.15, 0.2) is 0 Å². The highest BCUT2D eigenvalue weighted by atomic mass is 16.6. The van der Waals surface area contributed by atoms with Gasteiger partial charge in [-0.1, -0.05) is 60.7 Å². The van der Waals surface area contributed by atoms with Crippen molar-refractivity contribution in [3.05, 3.63) is 71.8 Å². The fourth-order valence-corrected chi connectivity index (χ4v) is 5.87. The summed E-state index contributed by atoms with van der Waals surface area (Å²) >= 11 is 0. The Kier molecular flexibility index (Phi) is 9.49. The maximum Gasteiger partial charge on any atom is 0.408 e. The summed E-state index contributed by atoms with van der Waals surface area (Å²) in [7, 11) is 1.80. The van der Waals surface area contributed by atoms with Crippen LogP contribution in [0.5, 0.6) is 0 Å². The van der Waals surface area contributed by atoms with Crippen LogP contribution in [0.4, 0.5) is 4.79 Å². The van der Waals surface area contributed by atoms with Crippen LogP contribution < -0.4 is 10.6 Å². The average Bonchev–Trinajstić information content (AvgIpc) is 3.49. The Bertz CT molecular complexity index is 1310. The predicted octanol–water partition coefficient (Wildman–Crippen LogP) is 3.47. The molecule has 2 heterocycles. The first kappa shape index (κ1) is 32.0. The number of ether oxygens (including phenoxy) is 2. The number of nitrogens with zero attached hydrogens (tertiary/aromatic N) is 2. The number of carbonyl (C=O) groups excluding carboxylic acids is 4. The lowest BCUT2D eigenvalue weighted by molar-refractivity contribution is -0.140. The maximum absolute atomic E-state index is 14.0. The zero-order chi connectivity index (χ0) is 31.4. The van der Waals surface area contributed by atoms with Gasteiger partial charge in [-0.15, -0.1) is 0 Å². The molecule has 2 saturated heterocycles. The highest BCUT2D eigenvalue weighted by molar-refractivity contribution is 5.94. The Balaban J connectivity index is 1.51. The van der Waals surface area contributed by atoms with Gasteiger partial charge in [0.25, 0.3) is 0 Å². The Morgan fingerprint density at radius 2 is 1.63 bits per heavy atom. The van der Waals surface area contributed by atoms with Crippen LogP contribution in [0.15, 0.2) is 60.7 Å². The van der Waals surface area contributed by atoms with Gasteiger partial charge < -0.3 is 29.9 Å². The number of hydrogen-bond acceptors (Lipinski definition) is 6. The fraction of sp³-hybridized carbons (Fsp3) is 0.515. The molecule has 4 rings (SSSR count). The van der Waals surface area contributed by atoms with Crippen molar-refractivity contribution >= 4 is 23.8 Å². The molecule has 10 nitrogen and oxygen atoms in total. The van der Waals surface area contributed by atoms with Crippen LogP contribution in [0.2, 0.25) is 0 Å². The second-order valence-electron chi connectivity index (χ2n) is 13.1. The van der Waals surface area contributed by atoms with Crippen molar-refractivity contribution in [2.24, 2.45) is 5.41 Å². The van der Waals surface area contributed by atoms with Gasteiger partial charge in [-0.05, 0) is 52.2 Å². The van der Waals surface area contributed by atoms with Crippen molar-refractivity contribution in [2.45, 2.75) is 70.7 Å². The average molecular weight is 593 g/mol. The molecule has 2 aliphatic heterocycles. The number of alkyl carbamates (subject to hydrolysis) is 1. The second-order valence-corrected chi connectivity index (χ2v) is 13.1. The van der Waals surface area contributed by atoms with Gasteiger partial charge in [-0.25, -0.2) is 4.79 Å². The number of amides is 4. The predicted molar refractivity (Wildman–Crippen MR) is 162 cm³/mol. The molecule has 232 valence electrons.